The molecule has 2 rings (SSSR count). The Morgan fingerprint density at radius 3 is 2.42 bits per heavy atom. The molecule has 0 spiro atoms. The molecule has 0 aromatic heterocycles. The second kappa shape index (κ2) is 9.12. The number of amides is 1. The van der Waals surface area contributed by atoms with Crippen LogP contribution in [0.25, 0.3) is 0 Å². The molecule has 0 fully saturated rings. The fourth-order valence-electron chi connectivity index (χ4n) is 2.41. The molecule has 1 N–H and O–H groups in total. The van der Waals surface area contributed by atoms with Crippen LogP contribution in [0.3, 0.4) is 0 Å². The zero-order chi connectivity index (χ0) is 19.0. The molecule has 1 amide bonds. The molecule has 26 heavy (non-hydrogen) atoms. The van der Waals surface area contributed by atoms with Gasteiger partial charge in [-0.25, -0.2) is 13.1 Å². The fourth-order valence-corrected chi connectivity index (χ4v) is 3.45. The van der Waals surface area contributed by atoms with Gasteiger partial charge in [-0.1, -0.05) is 48.6 Å². The normalized spacial score (nSPS) is 10.9. The molecule has 0 atom stereocenters. The molecule has 0 bridgehead atoms. The second-order valence-corrected chi connectivity index (χ2v) is 7.40. The van der Waals surface area contributed by atoms with Crippen LogP contribution in [0.2, 0.25) is 0 Å². The third-order valence-electron chi connectivity index (χ3n) is 3.66. The van der Waals surface area contributed by atoms with Crippen molar-refractivity contribution in [2.75, 3.05) is 13.1 Å². The van der Waals surface area contributed by atoms with Crippen molar-refractivity contribution in [2.45, 2.75) is 11.4 Å². The van der Waals surface area contributed by atoms with Crippen molar-refractivity contribution in [3.05, 3.63) is 91.0 Å². The minimum absolute atomic E-state index is 0.0449. The molecule has 0 unspecified atom stereocenters. The number of hydrogen-bond donors (Lipinski definition) is 1. The molecule has 2 aromatic carbocycles. The maximum absolute atomic E-state index is 12.9. The number of nitrogens with one attached hydrogen (secondary N) is 1. The predicted octanol–water partition coefficient (Wildman–Crippen LogP) is 2.98. The Hall–Kier alpha value is -2.70. The van der Waals surface area contributed by atoms with Crippen molar-refractivity contribution < 1.29 is 13.2 Å². The van der Waals surface area contributed by atoms with Gasteiger partial charge in [0.1, 0.15) is 0 Å². The number of sulfonamides is 1. The molecule has 0 heterocycles. The molecule has 0 radical (unpaired) electrons. The number of carbonyl (C=O) groups is 1. The number of benzene rings is 2. The van der Waals surface area contributed by atoms with Gasteiger partial charge >= 0.3 is 0 Å². The monoisotopic (exact) mass is 370 g/mol. The van der Waals surface area contributed by atoms with E-state index in [0.717, 1.165) is 5.56 Å². The first-order chi connectivity index (χ1) is 12.5. The molecule has 136 valence electrons. The molecule has 0 saturated carbocycles. The highest BCUT2D eigenvalue weighted by atomic mass is 32.2. The lowest BCUT2D eigenvalue weighted by Gasteiger charge is -2.21. The van der Waals surface area contributed by atoms with Crippen molar-refractivity contribution in [3.8, 4) is 0 Å². The maximum atomic E-state index is 12.9. The van der Waals surface area contributed by atoms with E-state index in [2.05, 4.69) is 17.9 Å². The van der Waals surface area contributed by atoms with Crippen LogP contribution in [0.4, 0.5) is 0 Å². The Morgan fingerprint density at radius 2 is 1.77 bits per heavy atom. The van der Waals surface area contributed by atoms with Gasteiger partial charge in [0, 0.05) is 25.2 Å². The van der Waals surface area contributed by atoms with E-state index in [9.17, 15) is 13.2 Å². The lowest BCUT2D eigenvalue weighted by atomic mass is 10.1. The van der Waals surface area contributed by atoms with E-state index in [4.69, 9.17) is 0 Å². The van der Waals surface area contributed by atoms with Crippen LogP contribution in [0.15, 0.2) is 84.8 Å². The summed E-state index contributed by atoms with van der Waals surface area (Å²) >= 11 is 0. The van der Waals surface area contributed by atoms with Gasteiger partial charge in [0.2, 0.25) is 10.0 Å². The number of carbonyl (C=O) groups excluding carboxylic acids is 1. The van der Waals surface area contributed by atoms with Gasteiger partial charge in [0.05, 0.1) is 4.90 Å². The first kappa shape index (κ1) is 19.6. The highest BCUT2D eigenvalue weighted by Gasteiger charge is 2.19. The first-order valence-electron chi connectivity index (χ1n) is 8.12. The van der Waals surface area contributed by atoms with E-state index < -0.39 is 10.0 Å². The first-order valence-corrected chi connectivity index (χ1v) is 9.61. The highest BCUT2D eigenvalue weighted by Crippen LogP contribution is 2.15. The summed E-state index contributed by atoms with van der Waals surface area (Å²) in [7, 11) is -3.69. The Kier molecular flexibility index (Phi) is 6.89. The van der Waals surface area contributed by atoms with Crippen LogP contribution in [-0.4, -0.2) is 32.3 Å². The summed E-state index contributed by atoms with van der Waals surface area (Å²) in [6, 6.07) is 15.6. The van der Waals surface area contributed by atoms with Crippen LogP contribution in [0, 0.1) is 0 Å². The van der Waals surface area contributed by atoms with Gasteiger partial charge in [0.15, 0.2) is 0 Å². The highest BCUT2D eigenvalue weighted by molar-refractivity contribution is 7.89. The zero-order valence-electron chi connectivity index (χ0n) is 14.5. The summed E-state index contributed by atoms with van der Waals surface area (Å²) in [6.45, 7) is 8.09. The summed E-state index contributed by atoms with van der Waals surface area (Å²) in [6.07, 6.45) is 3.10. The van der Waals surface area contributed by atoms with Crippen molar-refractivity contribution in [1.29, 1.82) is 0 Å². The van der Waals surface area contributed by atoms with E-state index in [1.54, 1.807) is 23.1 Å². The Labute approximate surface area is 154 Å². The lowest BCUT2D eigenvalue weighted by molar-refractivity contribution is 0.0762. The smallest absolute Gasteiger partial charge is 0.254 e. The summed E-state index contributed by atoms with van der Waals surface area (Å²) in [5, 5.41) is 0. The van der Waals surface area contributed by atoms with E-state index in [1.807, 2.05) is 30.3 Å². The molecule has 2 aromatic rings. The van der Waals surface area contributed by atoms with Crippen molar-refractivity contribution in [2.24, 2.45) is 0 Å². The summed E-state index contributed by atoms with van der Waals surface area (Å²) < 4.78 is 26.9. The minimum Gasteiger partial charge on any atom is -0.331 e. The van der Waals surface area contributed by atoms with Gasteiger partial charge in [-0.3, -0.25) is 4.79 Å². The largest absolute Gasteiger partial charge is 0.331 e. The van der Waals surface area contributed by atoms with Crippen LogP contribution in [-0.2, 0) is 16.6 Å². The van der Waals surface area contributed by atoms with Gasteiger partial charge < -0.3 is 4.90 Å². The van der Waals surface area contributed by atoms with Crippen LogP contribution >= 0.6 is 0 Å². The Morgan fingerprint density at radius 1 is 1.04 bits per heavy atom. The summed E-state index contributed by atoms with van der Waals surface area (Å²) in [5.74, 6) is -0.255. The molecular weight excluding hydrogens is 348 g/mol. The molecular formula is C20H22N2O3S. The van der Waals surface area contributed by atoms with Gasteiger partial charge in [-0.2, -0.15) is 0 Å². The van der Waals surface area contributed by atoms with Crippen LogP contribution in [0.5, 0.6) is 0 Å². The van der Waals surface area contributed by atoms with Gasteiger partial charge in [0.25, 0.3) is 5.91 Å². The number of rotatable bonds is 9. The number of nitrogens with zero attached hydrogens (tertiary/aromatic N) is 1. The zero-order valence-corrected chi connectivity index (χ0v) is 15.3. The van der Waals surface area contributed by atoms with Gasteiger partial charge in [-0.05, 0) is 23.8 Å². The average Bonchev–Trinajstić information content (AvgIpc) is 2.66. The SMILES string of the molecule is C=CCNS(=O)(=O)c1cccc(C(=O)N(CC=C)Cc2ccccc2)c1. The fraction of sp³-hybridized carbons (Fsp3) is 0.150. The maximum Gasteiger partial charge on any atom is 0.254 e. The van der Waals surface area contributed by atoms with Crippen LogP contribution in [0.1, 0.15) is 15.9 Å². The molecule has 0 aliphatic rings. The van der Waals surface area contributed by atoms with Crippen LogP contribution < -0.4 is 4.72 Å². The standard InChI is InChI=1S/C20H22N2O3S/c1-3-13-21-26(24,25)19-12-8-11-18(15-19)20(23)22(14-4-2)16-17-9-6-5-7-10-17/h3-12,15,21H,1-2,13-14,16H2. The quantitative estimate of drug-likeness (QED) is 0.690. The van der Waals surface area contributed by atoms with E-state index >= 15 is 0 Å². The average molecular weight is 370 g/mol. The van der Waals surface area contributed by atoms with Crippen molar-refractivity contribution >= 4 is 15.9 Å². The van der Waals surface area contributed by atoms with E-state index in [-0.39, 0.29) is 17.3 Å². The Balaban J connectivity index is 2.27. The lowest BCUT2D eigenvalue weighted by Crippen LogP contribution is -2.31. The molecule has 0 aliphatic heterocycles. The van der Waals surface area contributed by atoms with Crippen molar-refractivity contribution in [3.63, 3.8) is 0 Å². The summed E-state index contributed by atoms with van der Waals surface area (Å²) in [4.78, 5) is 14.5. The second-order valence-electron chi connectivity index (χ2n) is 5.63. The van der Waals surface area contributed by atoms with Crippen molar-refractivity contribution in [1.82, 2.24) is 9.62 Å². The van der Waals surface area contributed by atoms with Gasteiger partial charge in [-0.15, -0.1) is 13.2 Å². The topological polar surface area (TPSA) is 66.5 Å². The third kappa shape index (κ3) is 5.15. The molecule has 0 aliphatic carbocycles. The third-order valence-corrected chi connectivity index (χ3v) is 5.08. The molecule has 6 heteroatoms. The molecule has 5 nitrogen and oxygen atoms in total. The van der Waals surface area contributed by atoms with E-state index in [1.165, 1.54) is 18.2 Å². The number of hydrogen-bond acceptors (Lipinski definition) is 3. The molecule has 0 saturated heterocycles. The predicted molar refractivity (Wildman–Crippen MR) is 103 cm³/mol. The Bertz CT molecular complexity index is 877. The summed E-state index contributed by atoms with van der Waals surface area (Å²) in [5.41, 5.74) is 1.29. The minimum atomic E-state index is -3.69. The van der Waals surface area contributed by atoms with E-state index in [0.29, 0.717) is 18.7 Å².